The van der Waals surface area contributed by atoms with Gasteiger partial charge in [-0.15, -0.1) is 16.4 Å². The maximum Gasteiger partial charge on any atom is 0.234 e. The number of anilines is 1. The number of hydrogen-bond donors (Lipinski definition) is 2. The number of hydrogen-bond acceptors (Lipinski definition) is 5. The van der Waals surface area contributed by atoms with Crippen molar-refractivity contribution in [3.05, 3.63) is 46.3 Å². The van der Waals surface area contributed by atoms with Crippen LogP contribution in [-0.2, 0) is 4.79 Å². The first kappa shape index (κ1) is 16.0. The molecule has 0 unspecified atom stereocenters. The summed E-state index contributed by atoms with van der Waals surface area (Å²) >= 11 is 8.81. The fourth-order valence-electron chi connectivity index (χ4n) is 1.88. The molecule has 5 nitrogen and oxygen atoms in total. The van der Waals surface area contributed by atoms with Gasteiger partial charge in [0, 0.05) is 10.7 Å². The van der Waals surface area contributed by atoms with Gasteiger partial charge in [-0.3, -0.25) is 9.89 Å². The molecule has 3 rings (SSSR count). The number of thioether (sulfide) groups is 1. The molecular weight excluding hydrogens is 352 g/mol. The molecule has 2 heterocycles. The molecule has 0 spiro atoms. The Morgan fingerprint density at radius 2 is 2.30 bits per heavy atom. The molecule has 0 bridgehead atoms. The van der Waals surface area contributed by atoms with Gasteiger partial charge in [0.1, 0.15) is 0 Å². The minimum absolute atomic E-state index is 0.122. The lowest BCUT2D eigenvalue weighted by molar-refractivity contribution is -0.113. The molecule has 0 aliphatic rings. The highest BCUT2D eigenvalue weighted by Gasteiger charge is 2.10. The number of aryl methyl sites for hydroxylation is 1. The number of carbonyl (C=O) groups is 1. The average molecular weight is 365 g/mol. The maximum absolute atomic E-state index is 12.0. The van der Waals surface area contributed by atoms with E-state index in [-0.39, 0.29) is 11.7 Å². The Kier molecular flexibility index (Phi) is 5.00. The molecule has 0 saturated heterocycles. The third-order valence-corrected chi connectivity index (χ3v) is 4.98. The molecule has 0 atom stereocenters. The summed E-state index contributed by atoms with van der Waals surface area (Å²) in [5.74, 6) is 0.824. The summed E-state index contributed by atoms with van der Waals surface area (Å²) in [5, 5.41) is 13.0. The molecule has 0 fully saturated rings. The van der Waals surface area contributed by atoms with Crippen molar-refractivity contribution in [1.29, 1.82) is 0 Å². The number of halogens is 1. The monoisotopic (exact) mass is 364 g/mol. The maximum atomic E-state index is 12.0. The van der Waals surface area contributed by atoms with E-state index < -0.39 is 0 Å². The first-order valence-electron chi connectivity index (χ1n) is 6.77. The third kappa shape index (κ3) is 4.13. The quantitative estimate of drug-likeness (QED) is 0.665. The molecule has 8 heteroatoms. The van der Waals surface area contributed by atoms with Crippen molar-refractivity contribution in [3.8, 4) is 10.7 Å². The van der Waals surface area contributed by atoms with Crippen LogP contribution in [0.15, 0.2) is 40.9 Å². The van der Waals surface area contributed by atoms with Crippen molar-refractivity contribution in [2.45, 2.75) is 12.1 Å². The number of carbonyl (C=O) groups excluding carboxylic acids is 1. The number of benzene rings is 1. The molecule has 2 N–H and O–H groups in total. The van der Waals surface area contributed by atoms with Crippen molar-refractivity contribution in [1.82, 2.24) is 15.2 Å². The lowest BCUT2D eigenvalue weighted by Gasteiger charge is -2.07. The van der Waals surface area contributed by atoms with Crippen molar-refractivity contribution in [3.63, 3.8) is 0 Å². The minimum Gasteiger partial charge on any atom is -0.325 e. The Morgan fingerprint density at radius 1 is 1.43 bits per heavy atom. The van der Waals surface area contributed by atoms with Crippen LogP contribution in [0.2, 0.25) is 5.02 Å². The highest BCUT2D eigenvalue weighted by Crippen LogP contribution is 2.24. The normalized spacial score (nSPS) is 10.7. The second-order valence-electron chi connectivity index (χ2n) is 4.74. The Labute approximate surface area is 146 Å². The molecule has 2 aromatic heterocycles. The molecule has 1 aromatic carbocycles. The largest absolute Gasteiger partial charge is 0.325 e. The Balaban J connectivity index is 1.58. The molecule has 3 aromatic rings. The molecule has 1 amide bonds. The van der Waals surface area contributed by atoms with Gasteiger partial charge in [-0.25, -0.2) is 4.98 Å². The standard InChI is InChI=1S/C15H13ClN4OS2/c1-9-4-5-10(16)7-11(9)17-13(21)8-23-15-18-14(19-20-15)12-3-2-6-22-12/h2-7H,8H2,1H3,(H,17,21)(H,18,19,20). The van der Waals surface area contributed by atoms with Gasteiger partial charge >= 0.3 is 0 Å². The molecule has 0 aliphatic heterocycles. The van der Waals surface area contributed by atoms with E-state index >= 15 is 0 Å². The van der Waals surface area contributed by atoms with Crippen LogP contribution in [0.3, 0.4) is 0 Å². The average Bonchev–Trinajstić information content (AvgIpc) is 3.19. The number of aromatic amines is 1. The number of aromatic nitrogens is 3. The van der Waals surface area contributed by atoms with Gasteiger partial charge in [0.05, 0.1) is 10.6 Å². The van der Waals surface area contributed by atoms with E-state index in [1.165, 1.54) is 11.8 Å². The van der Waals surface area contributed by atoms with Crippen LogP contribution in [-0.4, -0.2) is 26.8 Å². The van der Waals surface area contributed by atoms with Crippen LogP contribution in [0.5, 0.6) is 0 Å². The first-order chi connectivity index (χ1) is 11.1. The molecule has 23 heavy (non-hydrogen) atoms. The van der Waals surface area contributed by atoms with Gasteiger partial charge in [-0.05, 0) is 36.1 Å². The third-order valence-electron chi connectivity index (χ3n) is 3.03. The predicted molar refractivity (Wildman–Crippen MR) is 95.2 cm³/mol. The highest BCUT2D eigenvalue weighted by atomic mass is 35.5. The first-order valence-corrected chi connectivity index (χ1v) is 9.01. The second kappa shape index (κ2) is 7.16. The number of amides is 1. The minimum atomic E-state index is -0.122. The number of nitrogens with one attached hydrogen (secondary N) is 2. The van der Waals surface area contributed by atoms with E-state index in [0.717, 1.165) is 16.1 Å². The van der Waals surface area contributed by atoms with Crippen LogP contribution in [0.25, 0.3) is 10.7 Å². The zero-order valence-electron chi connectivity index (χ0n) is 12.2. The summed E-state index contributed by atoms with van der Waals surface area (Å²) in [6.07, 6.45) is 0. The van der Waals surface area contributed by atoms with E-state index in [0.29, 0.717) is 16.0 Å². The van der Waals surface area contributed by atoms with Crippen molar-refractivity contribution in [2.75, 3.05) is 11.1 Å². The van der Waals surface area contributed by atoms with E-state index in [1.807, 2.05) is 30.5 Å². The van der Waals surface area contributed by atoms with Gasteiger partial charge in [-0.1, -0.05) is 35.5 Å². The predicted octanol–water partition coefficient (Wildman–Crippen LogP) is 4.23. The lowest BCUT2D eigenvalue weighted by Crippen LogP contribution is -2.14. The summed E-state index contributed by atoms with van der Waals surface area (Å²) in [7, 11) is 0. The summed E-state index contributed by atoms with van der Waals surface area (Å²) in [5.41, 5.74) is 1.68. The molecular formula is C15H13ClN4OS2. The van der Waals surface area contributed by atoms with Crippen LogP contribution in [0, 0.1) is 6.92 Å². The zero-order valence-corrected chi connectivity index (χ0v) is 14.6. The van der Waals surface area contributed by atoms with E-state index in [1.54, 1.807) is 23.5 Å². The van der Waals surface area contributed by atoms with Gasteiger partial charge < -0.3 is 5.32 Å². The van der Waals surface area contributed by atoms with Crippen molar-refractivity contribution in [2.24, 2.45) is 0 Å². The van der Waals surface area contributed by atoms with Crippen LogP contribution >= 0.6 is 34.7 Å². The van der Waals surface area contributed by atoms with Crippen LogP contribution in [0.4, 0.5) is 5.69 Å². The van der Waals surface area contributed by atoms with Gasteiger partial charge in [-0.2, -0.15) is 0 Å². The fourth-order valence-corrected chi connectivity index (χ4v) is 3.31. The summed E-state index contributed by atoms with van der Waals surface area (Å²) in [6.45, 7) is 1.92. The summed E-state index contributed by atoms with van der Waals surface area (Å²) < 4.78 is 0. The zero-order chi connectivity index (χ0) is 16.2. The van der Waals surface area contributed by atoms with E-state index in [9.17, 15) is 4.79 Å². The Morgan fingerprint density at radius 3 is 3.09 bits per heavy atom. The number of nitrogens with zero attached hydrogens (tertiary/aromatic N) is 2. The van der Waals surface area contributed by atoms with Crippen molar-refractivity contribution >= 4 is 46.3 Å². The topological polar surface area (TPSA) is 70.7 Å². The Hall–Kier alpha value is -1.83. The number of rotatable bonds is 5. The summed E-state index contributed by atoms with van der Waals surface area (Å²) in [4.78, 5) is 17.4. The molecule has 0 radical (unpaired) electrons. The SMILES string of the molecule is Cc1ccc(Cl)cc1NC(=O)CSc1n[nH]c(-c2cccs2)n1. The van der Waals surface area contributed by atoms with E-state index in [4.69, 9.17) is 11.6 Å². The summed E-state index contributed by atoms with van der Waals surface area (Å²) in [6, 6.07) is 9.32. The van der Waals surface area contributed by atoms with Gasteiger partial charge in [0.25, 0.3) is 0 Å². The highest BCUT2D eigenvalue weighted by molar-refractivity contribution is 7.99. The van der Waals surface area contributed by atoms with Gasteiger partial charge in [0.2, 0.25) is 11.1 Å². The van der Waals surface area contributed by atoms with E-state index in [2.05, 4.69) is 20.5 Å². The molecule has 118 valence electrons. The fraction of sp³-hybridized carbons (Fsp3) is 0.133. The van der Waals surface area contributed by atoms with Gasteiger partial charge in [0.15, 0.2) is 5.82 Å². The van der Waals surface area contributed by atoms with Crippen molar-refractivity contribution < 1.29 is 4.79 Å². The molecule has 0 saturated carbocycles. The number of H-pyrrole nitrogens is 1. The lowest BCUT2D eigenvalue weighted by atomic mass is 10.2. The smallest absolute Gasteiger partial charge is 0.234 e. The van der Waals surface area contributed by atoms with Crippen LogP contribution < -0.4 is 5.32 Å². The van der Waals surface area contributed by atoms with Crippen LogP contribution in [0.1, 0.15) is 5.56 Å². The molecule has 0 aliphatic carbocycles. The Bertz CT molecular complexity index is 817. The number of thiophene rings is 1. The second-order valence-corrected chi connectivity index (χ2v) is 7.07.